The molecule has 0 fully saturated rings. The van der Waals surface area contributed by atoms with Gasteiger partial charge in [0, 0.05) is 6.54 Å². The van der Waals surface area contributed by atoms with Crippen molar-refractivity contribution in [2.24, 2.45) is 0 Å². The van der Waals surface area contributed by atoms with E-state index in [1.807, 2.05) is 10.8 Å². The molecule has 1 aromatic heterocycles. The highest BCUT2D eigenvalue weighted by atomic mass is 32.1. The molecule has 20 heavy (non-hydrogen) atoms. The maximum Gasteiger partial charge on any atom is 0.257 e. The minimum Gasteiger partial charge on any atom is -0.388 e. The molecule has 1 heterocycles. The molecule has 2 rings (SSSR count). The van der Waals surface area contributed by atoms with Crippen LogP contribution in [0.5, 0.6) is 0 Å². The van der Waals surface area contributed by atoms with Crippen LogP contribution in [0.4, 0.5) is 8.78 Å². The molecule has 2 N–H and O–H groups in total. The quantitative estimate of drug-likeness (QED) is 0.891. The lowest BCUT2D eigenvalue weighted by Crippen LogP contribution is -2.27. The summed E-state index contributed by atoms with van der Waals surface area (Å²) in [4.78, 5) is 11.7. The third kappa shape index (κ3) is 3.40. The summed E-state index contributed by atoms with van der Waals surface area (Å²) in [5, 5.41) is 15.9. The van der Waals surface area contributed by atoms with Crippen LogP contribution < -0.4 is 5.32 Å². The number of benzene rings is 1. The van der Waals surface area contributed by atoms with Crippen LogP contribution >= 0.6 is 11.3 Å². The summed E-state index contributed by atoms with van der Waals surface area (Å²) in [5.74, 6) is -2.63. The molecule has 0 saturated carbocycles. The van der Waals surface area contributed by atoms with Crippen molar-refractivity contribution >= 4 is 17.2 Å². The van der Waals surface area contributed by atoms with E-state index < -0.39 is 29.2 Å². The van der Waals surface area contributed by atoms with E-state index in [1.165, 1.54) is 17.4 Å². The number of nitrogens with one attached hydrogen (secondary N) is 1. The summed E-state index contributed by atoms with van der Waals surface area (Å²) in [6.45, 7) is 0.129. The first-order valence-electron chi connectivity index (χ1n) is 6.02. The van der Waals surface area contributed by atoms with Gasteiger partial charge in [-0.05, 0) is 40.9 Å². The Morgan fingerprint density at radius 2 is 2.00 bits per heavy atom. The number of aliphatic hydroxyl groups is 1. The molecule has 0 radical (unpaired) electrons. The molecule has 1 atom stereocenters. The molecule has 3 nitrogen and oxygen atoms in total. The highest BCUT2D eigenvalue weighted by Crippen LogP contribution is 2.18. The second-order valence-corrected chi connectivity index (χ2v) is 4.99. The minimum absolute atomic E-state index is 0.129. The molecule has 0 aliphatic rings. The number of rotatable bonds is 5. The van der Waals surface area contributed by atoms with Gasteiger partial charge in [-0.1, -0.05) is 6.07 Å². The van der Waals surface area contributed by atoms with Gasteiger partial charge < -0.3 is 10.4 Å². The predicted molar refractivity (Wildman–Crippen MR) is 72.6 cm³/mol. The van der Waals surface area contributed by atoms with E-state index in [-0.39, 0.29) is 13.0 Å². The molecular formula is C14H13F2NO2S. The highest BCUT2D eigenvalue weighted by Gasteiger charge is 2.17. The summed E-state index contributed by atoms with van der Waals surface area (Å²) in [6.07, 6.45) is -0.426. The van der Waals surface area contributed by atoms with E-state index in [9.17, 15) is 18.7 Å². The normalized spacial score (nSPS) is 12.2. The zero-order valence-electron chi connectivity index (χ0n) is 10.5. The van der Waals surface area contributed by atoms with Crippen molar-refractivity contribution in [1.82, 2.24) is 5.32 Å². The number of aliphatic hydroxyl groups excluding tert-OH is 1. The van der Waals surface area contributed by atoms with Crippen molar-refractivity contribution in [2.45, 2.75) is 12.5 Å². The van der Waals surface area contributed by atoms with Crippen molar-refractivity contribution < 1.29 is 18.7 Å². The lowest BCUT2D eigenvalue weighted by Gasteiger charge is -2.10. The van der Waals surface area contributed by atoms with Crippen LogP contribution in [0.2, 0.25) is 0 Å². The van der Waals surface area contributed by atoms with Gasteiger partial charge in [0.25, 0.3) is 5.91 Å². The number of halogens is 2. The Kier molecular flexibility index (Phi) is 4.81. The van der Waals surface area contributed by atoms with Crippen molar-refractivity contribution in [1.29, 1.82) is 0 Å². The topological polar surface area (TPSA) is 49.3 Å². The van der Waals surface area contributed by atoms with Crippen LogP contribution in [0.1, 0.15) is 28.4 Å². The Bertz CT molecular complexity index is 567. The summed E-state index contributed by atoms with van der Waals surface area (Å²) in [5.41, 5.74) is 0.166. The van der Waals surface area contributed by atoms with E-state index >= 15 is 0 Å². The maximum absolute atomic E-state index is 13.4. The van der Waals surface area contributed by atoms with Gasteiger partial charge in [0.05, 0.1) is 6.10 Å². The standard InChI is InChI=1S/C14H13F2NO2S/c15-10-2-1-3-11(16)13(10)14(19)17-6-4-12(18)9-5-7-20-8-9/h1-3,5,7-8,12,18H,4,6H2,(H,17,19)/t12-/m0/s1. The van der Waals surface area contributed by atoms with Crippen molar-refractivity contribution in [3.63, 3.8) is 0 Å². The van der Waals surface area contributed by atoms with Crippen molar-refractivity contribution in [3.05, 3.63) is 57.8 Å². The van der Waals surface area contributed by atoms with E-state index in [0.717, 1.165) is 17.7 Å². The highest BCUT2D eigenvalue weighted by molar-refractivity contribution is 7.07. The summed E-state index contributed by atoms with van der Waals surface area (Å²) < 4.78 is 26.7. The molecule has 1 aromatic carbocycles. The summed E-state index contributed by atoms with van der Waals surface area (Å²) >= 11 is 1.46. The maximum atomic E-state index is 13.4. The van der Waals surface area contributed by atoms with Crippen LogP contribution in [0.15, 0.2) is 35.0 Å². The van der Waals surface area contributed by atoms with Gasteiger partial charge in [0.1, 0.15) is 17.2 Å². The average molecular weight is 297 g/mol. The van der Waals surface area contributed by atoms with E-state index in [4.69, 9.17) is 0 Å². The second-order valence-electron chi connectivity index (χ2n) is 4.21. The SMILES string of the molecule is O=C(NCC[C@H](O)c1ccsc1)c1c(F)cccc1F. The van der Waals surface area contributed by atoms with E-state index in [1.54, 1.807) is 6.07 Å². The Morgan fingerprint density at radius 3 is 2.60 bits per heavy atom. The van der Waals surface area contributed by atoms with E-state index in [2.05, 4.69) is 5.32 Å². The molecule has 0 bridgehead atoms. The lowest BCUT2D eigenvalue weighted by atomic mass is 10.1. The molecule has 2 aromatic rings. The van der Waals surface area contributed by atoms with Crippen LogP contribution in [0.3, 0.4) is 0 Å². The number of amides is 1. The molecule has 0 aliphatic heterocycles. The monoisotopic (exact) mass is 297 g/mol. The predicted octanol–water partition coefficient (Wildman–Crippen LogP) is 2.88. The van der Waals surface area contributed by atoms with Gasteiger partial charge in [-0.2, -0.15) is 11.3 Å². The van der Waals surface area contributed by atoms with Crippen molar-refractivity contribution in [2.75, 3.05) is 6.54 Å². The Labute approximate surface area is 118 Å². The lowest BCUT2D eigenvalue weighted by molar-refractivity contribution is 0.0934. The van der Waals surface area contributed by atoms with Crippen LogP contribution in [-0.4, -0.2) is 17.6 Å². The number of carbonyl (C=O) groups is 1. The first-order valence-corrected chi connectivity index (χ1v) is 6.96. The van der Waals surface area contributed by atoms with Gasteiger partial charge >= 0.3 is 0 Å². The Morgan fingerprint density at radius 1 is 1.30 bits per heavy atom. The second kappa shape index (κ2) is 6.58. The fraction of sp³-hybridized carbons (Fsp3) is 0.214. The number of carbonyl (C=O) groups excluding carboxylic acids is 1. The van der Waals surface area contributed by atoms with E-state index in [0.29, 0.717) is 0 Å². The largest absolute Gasteiger partial charge is 0.388 e. The van der Waals surface area contributed by atoms with Crippen LogP contribution in [0, 0.1) is 11.6 Å². The molecular weight excluding hydrogens is 284 g/mol. The number of hydrogen-bond acceptors (Lipinski definition) is 3. The number of hydrogen-bond donors (Lipinski definition) is 2. The number of thiophene rings is 1. The smallest absolute Gasteiger partial charge is 0.257 e. The van der Waals surface area contributed by atoms with Gasteiger partial charge in [0.2, 0.25) is 0 Å². The molecule has 0 spiro atoms. The average Bonchev–Trinajstić information content (AvgIpc) is 2.92. The molecule has 1 amide bonds. The zero-order valence-corrected chi connectivity index (χ0v) is 11.3. The molecule has 0 saturated heterocycles. The molecule has 106 valence electrons. The zero-order chi connectivity index (χ0) is 14.5. The first kappa shape index (κ1) is 14.6. The van der Waals surface area contributed by atoms with Gasteiger partial charge in [0.15, 0.2) is 0 Å². The third-order valence-corrected chi connectivity index (χ3v) is 3.52. The fourth-order valence-electron chi connectivity index (χ4n) is 1.76. The van der Waals surface area contributed by atoms with Crippen LogP contribution in [0.25, 0.3) is 0 Å². The minimum atomic E-state index is -0.902. The third-order valence-electron chi connectivity index (χ3n) is 2.82. The summed E-state index contributed by atoms with van der Waals surface area (Å²) in [6, 6.07) is 5.03. The van der Waals surface area contributed by atoms with Crippen LogP contribution in [-0.2, 0) is 0 Å². The molecule has 0 aliphatic carbocycles. The first-order chi connectivity index (χ1) is 9.59. The van der Waals surface area contributed by atoms with Gasteiger partial charge in [-0.3, -0.25) is 4.79 Å². The Hall–Kier alpha value is -1.79. The fourth-order valence-corrected chi connectivity index (χ4v) is 2.46. The van der Waals surface area contributed by atoms with Gasteiger partial charge in [-0.25, -0.2) is 8.78 Å². The molecule has 0 unspecified atom stereocenters. The van der Waals surface area contributed by atoms with Crippen molar-refractivity contribution in [3.8, 4) is 0 Å². The van der Waals surface area contributed by atoms with Gasteiger partial charge in [-0.15, -0.1) is 0 Å². The Balaban J connectivity index is 1.90. The molecule has 6 heteroatoms. The summed E-state index contributed by atoms with van der Waals surface area (Å²) in [7, 11) is 0.